The van der Waals surface area contributed by atoms with Crippen LogP contribution in [0.4, 0.5) is 5.69 Å². The molecule has 1 rings (SSSR count). The Morgan fingerprint density at radius 2 is 2.25 bits per heavy atom. The summed E-state index contributed by atoms with van der Waals surface area (Å²) in [7, 11) is 2.88. The molecule has 0 saturated heterocycles. The van der Waals surface area contributed by atoms with E-state index in [1.807, 2.05) is 6.07 Å². The maximum Gasteiger partial charge on any atom is 0.310 e. The van der Waals surface area contributed by atoms with Crippen LogP contribution in [0.15, 0.2) is 18.2 Å². The summed E-state index contributed by atoms with van der Waals surface area (Å²) in [5.41, 5.74) is 0.0807. The van der Waals surface area contributed by atoms with Crippen molar-refractivity contribution in [3.8, 4) is 11.8 Å². The highest BCUT2D eigenvalue weighted by molar-refractivity contribution is 5.95. The van der Waals surface area contributed by atoms with Crippen molar-refractivity contribution in [3.63, 3.8) is 0 Å². The Morgan fingerprint density at radius 1 is 1.60 bits per heavy atom. The van der Waals surface area contributed by atoms with Crippen molar-refractivity contribution in [1.82, 2.24) is 4.90 Å². The van der Waals surface area contributed by atoms with Gasteiger partial charge in [-0.15, -0.1) is 0 Å². The Kier molecular flexibility index (Phi) is 5.03. The predicted octanol–water partition coefficient (Wildman–Crippen LogP) is 1.84. The molecule has 0 N–H and O–H groups in total. The van der Waals surface area contributed by atoms with Gasteiger partial charge in [0.1, 0.15) is 0 Å². The number of ether oxygens (including phenoxy) is 1. The fourth-order valence-electron chi connectivity index (χ4n) is 1.72. The lowest BCUT2D eigenvalue weighted by Crippen LogP contribution is -2.30. The third-order valence-electron chi connectivity index (χ3n) is 2.74. The number of hydrogen-bond acceptors (Lipinski definition) is 5. The molecule has 0 spiro atoms. The number of methoxy groups -OCH3 is 1. The van der Waals surface area contributed by atoms with Crippen molar-refractivity contribution in [2.24, 2.45) is 5.92 Å². The molecule has 7 heteroatoms. The number of amides is 1. The first-order valence-electron chi connectivity index (χ1n) is 5.88. The van der Waals surface area contributed by atoms with Crippen molar-refractivity contribution in [3.05, 3.63) is 33.9 Å². The van der Waals surface area contributed by atoms with E-state index in [1.54, 1.807) is 14.0 Å². The summed E-state index contributed by atoms with van der Waals surface area (Å²) in [6, 6.07) is 5.97. The molecule has 7 nitrogen and oxygen atoms in total. The molecule has 0 aliphatic heterocycles. The quantitative estimate of drug-likeness (QED) is 0.604. The molecule has 106 valence electrons. The van der Waals surface area contributed by atoms with E-state index in [0.29, 0.717) is 0 Å². The first-order chi connectivity index (χ1) is 9.40. The van der Waals surface area contributed by atoms with Gasteiger partial charge in [-0.1, -0.05) is 0 Å². The Labute approximate surface area is 116 Å². The molecule has 0 radical (unpaired) electrons. The SMILES string of the molecule is COc1cc(C(=O)N(C)CC(C)C#N)ccc1[N+](=O)[O-]. The van der Waals surface area contributed by atoms with Gasteiger partial charge in [-0.25, -0.2) is 0 Å². The van der Waals surface area contributed by atoms with E-state index in [0.717, 1.165) is 0 Å². The van der Waals surface area contributed by atoms with Gasteiger partial charge in [-0.2, -0.15) is 5.26 Å². The standard InChI is InChI=1S/C13H15N3O4/c1-9(7-14)8-15(2)13(17)10-4-5-11(16(18)19)12(6-10)20-3/h4-6,9H,8H2,1-3H3. The van der Waals surface area contributed by atoms with Crippen LogP contribution >= 0.6 is 0 Å². The fraction of sp³-hybridized carbons (Fsp3) is 0.385. The van der Waals surface area contributed by atoms with Gasteiger partial charge in [0.25, 0.3) is 5.91 Å². The minimum Gasteiger partial charge on any atom is -0.490 e. The van der Waals surface area contributed by atoms with Crippen LogP contribution in [0, 0.1) is 27.4 Å². The van der Waals surface area contributed by atoms with Crippen molar-refractivity contribution in [2.75, 3.05) is 20.7 Å². The van der Waals surface area contributed by atoms with Crippen LogP contribution < -0.4 is 4.74 Å². The van der Waals surface area contributed by atoms with Crippen LogP contribution in [0.3, 0.4) is 0 Å². The summed E-state index contributed by atoms with van der Waals surface area (Å²) in [5.74, 6) is -0.577. The minimum atomic E-state index is -0.575. The predicted molar refractivity (Wildman–Crippen MR) is 71.4 cm³/mol. The average Bonchev–Trinajstić information content (AvgIpc) is 2.45. The number of nitriles is 1. The van der Waals surface area contributed by atoms with E-state index in [2.05, 4.69) is 0 Å². The lowest BCUT2D eigenvalue weighted by molar-refractivity contribution is -0.385. The molecular formula is C13H15N3O4. The maximum atomic E-state index is 12.1. The third kappa shape index (κ3) is 3.45. The molecule has 0 saturated carbocycles. The van der Waals surface area contributed by atoms with Crippen LogP contribution in [-0.2, 0) is 0 Å². The highest BCUT2D eigenvalue weighted by Crippen LogP contribution is 2.27. The average molecular weight is 277 g/mol. The van der Waals surface area contributed by atoms with E-state index in [1.165, 1.54) is 30.2 Å². The molecule has 0 aliphatic rings. The number of benzene rings is 1. The monoisotopic (exact) mass is 277 g/mol. The van der Waals surface area contributed by atoms with Crippen LogP contribution in [0.2, 0.25) is 0 Å². The molecule has 1 aromatic carbocycles. The molecular weight excluding hydrogens is 262 g/mol. The molecule has 0 fully saturated rings. The molecule has 0 aliphatic carbocycles. The molecule has 20 heavy (non-hydrogen) atoms. The number of carbonyl (C=O) groups excluding carboxylic acids is 1. The topological polar surface area (TPSA) is 96.5 Å². The maximum absolute atomic E-state index is 12.1. The van der Waals surface area contributed by atoms with Gasteiger partial charge in [0.15, 0.2) is 5.75 Å². The fourth-order valence-corrected chi connectivity index (χ4v) is 1.72. The Morgan fingerprint density at radius 3 is 2.75 bits per heavy atom. The van der Waals surface area contributed by atoms with Crippen molar-refractivity contribution >= 4 is 11.6 Å². The number of nitro benzene ring substituents is 1. The minimum absolute atomic E-state index is 0.0302. The number of carbonyl (C=O) groups is 1. The Hall–Kier alpha value is -2.62. The van der Waals surface area contributed by atoms with Crippen LogP contribution in [-0.4, -0.2) is 36.4 Å². The van der Waals surface area contributed by atoms with Gasteiger partial charge in [-0.3, -0.25) is 14.9 Å². The highest BCUT2D eigenvalue weighted by atomic mass is 16.6. The molecule has 1 aromatic rings. The van der Waals surface area contributed by atoms with E-state index in [9.17, 15) is 14.9 Å². The summed E-state index contributed by atoms with van der Waals surface area (Å²) >= 11 is 0. The molecule has 0 heterocycles. The number of hydrogen-bond donors (Lipinski definition) is 0. The van der Waals surface area contributed by atoms with Crippen LogP contribution in [0.25, 0.3) is 0 Å². The summed E-state index contributed by atoms with van der Waals surface area (Å²) < 4.78 is 4.91. The summed E-state index contributed by atoms with van der Waals surface area (Å²) in [6.07, 6.45) is 0. The van der Waals surface area contributed by atoms with Gasteiger partial charge >= 0.3 is 5.69 Å². The molecule has 1 unspecified atom stereocenters. The third-order valence-corrected chi connectivity index (χ3v) is 2.74. The second kappa shape index (κ2) is 6.52. The molecule has 1 amide bonds. The van der Waals surface area contributed by atoms with E-state index < -0.39 is 4.92 Å². The van der Waals surface area contributed by atoms with Gasteiger partial charge in [0, 0.05) is 31.3 Å². The van der Waals surface area contributed by atoms with Gasteiger partial charge in [0.05, 0.1) is 24.0 Å². The molecule has 0 bridgehead atoms. The van der Waals surface area contributed by atoms with E-state index in [4.69, 9.17) is 10.00 Å². The zero-order valence-electron chi connectivity index (χ0n) is 11.5. The van der Waals surface area contributed by atoms with Crippen molar-refractivity contribution < 1.29 is 14.5 Å². The van der Waals surface area contributed by atoms with Gasteiger partial charge < -0.3 is 9.64 Å². The number of nitro groups is 1. The lowest BCUT2D eigenvalue weighted by Gasteiger charge is -2.18. The van der Waals surface area contributed by atoms with Crippen LogP contribution in [0.1, 0.15) is 17.3 Å². The normalized spacial score (nSPS) is 11.3. The zero-order valence-corrected chi connectivity index (χ0v) is 11.5. The summed E-state index contributed by atoms with van der Waals surface area (Å²) in [4.78, 5) is 23.7. The molecule has 1 atom stereocenters. The summed E-state index contributed by atoms with van der Waals surface area (Å²) in [6.45, 7) is 1.99. The Bertz CT molecular complexity index is 565. The smallest absolute Gasteiger partial charge is 0.310 e. The van der Waals surface area contributed by atoms with Gasteiger partial charge in [-0.05, 0) is 13.0 Å². The second-order valence-electron chi connectivity index (χ2n) is 4.36. The van der Waals surface area contributed by atoms with Gasteiger partial charge in [0.2, 0.25) is 0 Å². The van der Waals surface area contributed by atoms with Crippen LogP contribution in [0.5, 0.6) is 5.75 Å². The highest BCUT2D eigenvalue weighted by Gasteiger charge is 2.20. The Balaban J connectivity index is 3.00. The number of nitrogens with zero attached hydrogens (tertiary/aromatic N) is 3. The van der Waals surface area contributed by atoms with Crippen molar-refractivity contribution in [2.45, 2.75) is 6.92 Å². The summed E-state index contributed by atoms with van der Waals surface area (Å²) in [5, 5.41) is 19.5. The van der Waals surface area contributed by atoms with E-state index in [-0.39, 0.29) is 35.4 Å². The number of rotatable bonds is 5. The second-order valence-corrected chi connectivity index (χ2v) is 4.36. The first-order valence-corrected chi connectivity index (χ1v) is 5.88. The van der Waals surface area contributed by atoms with Crippen molar-refractivity contribution in [1.29, 1.82) is 5.26 Å². The zero-order chi connectivity index (χ0) is 15.3. The lowest BCUT2D eigenvalue weighted by atomic mass is 10.1. The first kappa shape index (κ1) is 15.4. The largest absolute Gasteiger partial charge is 0.490 e. The molecule has 0 aromatic heterocycles. The van der Waals surface area contributed by atoms with E-state index >= 15 is 0 Å².